The van der Waals surface area contributed by atoms with Crippen molar-refractivity contribution in [2.75, 3.05) is 50.7 Å². The van der Waals surface area contributed by atoms with E-state index in [1.807, 2.05) is 15.9 Å². The van der Waals surface area contributed by atoms with Gasteiger partial charge in [0.05, 0.1) is 10.7 Å². The molecular weight excluding hydrogens is 426 g/mol. The van der Waals surface area contributed by atoms with Gasteiger partial charge in [-0.3, -0.25) is 9.59 Å². The van der Waals surface area contributed by atoms with Gasteiger partial charge in [-0.15, -0.1) is 0 Å². The first kappa shape index (κ1) is 21.2. The topological polar surface area (TPSA) is 102 Å². The molecule has 1 N–H and O–H groups in total. The van der Waals surface area contributed by atoms with Crippen molar-refractivity contribution in [2.24, 2.45) is 0 Å². The zero-order chi connectivity index (χ0) is 22.0. The quantitative estimate of drug-likeness (QED) is 0.704. The number of likely N-dealkylation sites (tertiary alicyclic amines) is 1. The van der Waals surface area contributed by atoms with Crippen LogP contribution in [0.25, 0.3) is 0 Å². The number of amides is 5. The SMILES string of the molecule is O=C(ON1C(=O)CNC1=O)N1CCN(c2ccc(C(=O)N3CCCCC3)cc2Cl)CC1. The predicted octanol–water partition coefficient (Wildman–Crippen LogP) is 1.69. The van der Waals surface area contributed by atoms with Gasteiger partial charge < -0.3 is 24.9 Å². The Bertz CT molecular complexity index is 880. The molecule has 31 heavy (non-hydrogen) atoms. The van der Waals surface area contributed by atoms with Crippen molar-refractivity contribution in [3.63, 3.8) is 0 Å². The molecule has 3 aliphatic heterocycles. The summed E-state index contributed by atoms with van der Waals surface area (Å²) in [5.74, 6) is -0.607. The molecule has 0 spiro atoms. The third-order valence-electron chi connectivity index (χ3n) is 5.69. The Morgan fingerprint density at radius 1 is 0.935 bits per heavy atom. The first-order valence-electron chi connectivity index (χ1n) is 10.4. The summed E-state index contributed by atoms with van der Waals surface area (Å²) >= 11 is 6.48. The van der Waals surface area contributed by atoms with E-state index in [1.54, 1.807) is 12.1 Å². The number of imide groups is 1. The predicted molar refractivity (Wildman–Crippen MR) is 112 cm³/mol. The Labute approximate surface area is 184 Å². The summed E-state index contributed by atoms with van der Waals surface area (Å²) in [6.07, 6.45) is 2.46. The molecule has 4 rings (SSSR count). The third kappa shape index (κ3) is 4.53. The van der Waals surface area contributed by atoms with Gasteiger partial charge in [0.25, 0.3) is 11.8 Å². The number of hydrogen-bond donors (Lipinski definition) is 1. The Kier molecular flexibility index (Phi) is 6.17. The van der Waals surface area contributed by atoms with Crippen molar-refractivity contribution >= 4 is 41.2 Å². The van der Waals surface area contributed by atoms with Crippen LogP contribution in [0.3, 0.4) is 0 Å². The number of piperidine rings is 1. The Morgan fingerprint density at radius 2 is 1.65 bits per heavy atom. The summed E-state index contributed by atoms with van der Waals surface area (Å²) in [4.78, 5) is 58.2. The van der Waals surface area contributed by atoms with Gasteiger partial charge >= 0.3 is 12.1 Å². The van der Waals surface area contributed by atoms with Crippen LogP contribution in [0.4, 0.5) is 15.3 Å². The summed E-state index contributed by atoms with van der Waals surface area (Å²) in [5.41, 5.74) is 1.37. The van der Waals surface area contributed by atoms with Crippen molar-refractivity contribution in [2.45, 2.75) is 19.3 Å². The van der Waals surface area contributed by atoms with Crippen LogP contribution in [0.5, 0.6) is 0 Å². The number of piperazine rings is 1. The first-order chi connectivity index (χ1) is 14.9. The molecule has 1 aromatic rings. The number of rotatable bonds is 3. The number of anilines is 1. The molecule has 3 saturated heterocycles. The van der Waals surface area contributed by atoms with Gasteiger partial charge in [-0.25, -0.2) is 9.59 Å². The van der Waals surface area contributed by atoms with Crippen molar-refractivity contribution in [3.8, 4) is 0 Å². The van der Waals surface area contributed by atoms with Crippen LogP contribution in [0.1, 0.15) is 29.6 Å². The summed E-state index contributed by atoms with van der Waals surface area (Å²) in [5, 5.41) is 3.22. The van der Waals surface area contributed by atoms with Crippen LogP contribution in [-0.4, -0.2) is 84.6 Å². The van der Waals surface area contributed by atoms with E-state index < -0.39 is 18.0 Å². The number of urea groups is 1. The fraction of sp³-hybridized carbons (Fsp3) is 0.500. The van der Waals surface area contributed by atoms with Crippen LogP contribution in [0.2, 0.25) is 5.02 Å². The first-order valence-corrected chi connectivity index (χ1v) is 10.7. The molecule has 166 valence electrons. The summed E-state index contributed by atoms with van der Waals surface area (Å²) in [7, 11) is 0. The van der Waals surface area contributed by atoms with Crippen molar-refractivity contribution in [1.82, 2.24) is 20.2 Å². The van der Waals surface area contributed by atoms with Crippen LogP contribution >= 0.6 is 11.6 Å². The van der Waals surface area contributed by atoms with Gasteiger partial charge in [-0.05, 0) is 37.5 Å². The lowest BCUT2D eigenvalue weighted by molar-refractivity contribution is -0.149. The minimum Gasteiger partial charge on any atom is -0.367 e. The highest BCUT2D eigenvalue weighted by Gasteiger charge is 2.35. The van der Waals surface area contributed by atoms with Gasteiger partial charge in [0, 0.05) is 44.8 Å². The maximum absolute atomic E-state index is 12.7. The highest BCUT2D eigenvalue weighted by molar-refractivity contribution is 6.33. The zero-order valence-electron chi connectivity index (χ0n) is 17.0. The van der Waals surface area contributed by atoms with E-state index >= 15 is 0 Å². The molecular formula is C20H24ClN5O5. The van der Waals surface area contributed by atoms with Gasteiger partial charge in [0.1, 0.15) is 6.54 Å². The van der Waals surface area contributed by atoms with Gasteiger partial charge in [0.2, 0.25) is 0 Å². The van der Waals surface area contributed by atoms with Crippen molar-refractivity contribution < 1.29 is 24.0 Å². The normalized spacial score (nSPS) is 19.5. The standard InChI is InChI=1S/C20H24ClN5O5/c21-15-12-14(18(28)24-6-2-1-3-7-24)4-5-16(15)23-8-10-25(11-9-23)20(30)31-26-17(27)13-22-19(26)29/h4-5,12H,1-3,6-11,13H2,(H,22,29). The number of hydroxylamine groups is 2. The number of carbonyl (C=O) groups is 4. The average molecular weight is 450 g/mol. The lowest BCUT2D eigenvalue weighted by atomic mass is 10.1. The average Bonchev–Trinajstić information content (AvgIpc) is 3.11. The molecule has 0 bridgehead atoms. The highest BCUT2D eigenvalue weighted by atomic mass is 35.5. The lowest BCUT2D eigenvalue weighted by Gasteiger charge is -2.36. The number of halogens is 1. The fourth-order valence-electron chi connectivity index (χ4n) is 3.94. The number of nitrogens with zero attached hydrogens (tertiary/aromatic N) is 4. The number of hydrogen-bond acceptors (Lipinski definition) is 6. The molecule has 0 atom stereocenters. The maximum Gasteiger partial charge on any atom is 0.434 e. The van der Waals surface area contributed by atoms with Gasteiger partial charge in [-0.2, -0.15) is 0 Å². The molecule has 3 fully saturated rings. The molecule has 0 aliphatic carbocycles. The third-order valence-corrected chi connectivity index (χ3v) is 5.99. The summed E-state index contributed by atoms with van der Waals surface area (Å²) < 4.78 is 0. The minimum atomic E-state index is -0.751. The van der Waals surface area contributed by atoms with E-state index in [2.05, 4.69) is 5.32 Å². The molecule has 11 heteroatoms. The summed E-state index contributed by atoms with van der Waals surface area (Å²) in [6, 6.07) is 4.58. The van der Waals surface area contributed by atoms with Crippen LogP contribution < -0.4 is 10.2 Å². The fourth-order valence-corrected chi connectivity index (χ4v) is 4.24. The maximum atomic E-state index is 12.7. The molecule has 5 amide bonds. The van der Waals surface area contributed by atoms with Gasteiger partial charge in [-0.1, -0.05) is 16.7 Å². The van der Waals surface area contributed by atoms with E-state index in [0.29, 0.717) is 41.8 Å². The van der Waals surface area contributed by atoms with Crippen molar-refractivity contribution in [3.05, 3.63) is 28.8 Å². The van der Waals surface area contributed by atoms with E-state index in [1.165, 1.54) is 4.90 Å². The Balaban J connectivity index is 1.34. The second-order valence-corrected chi connectivity index (χ2v) is 8.10. The van der Waals surface area contributed by atoms with Gasteiger partial charge in [0.15, 0.2) is 0 Å². The molecule has 0 saturated carbocycles. The number of benzene rings is 1. The monoisotopic (exact) mass is 449 g/mol. The largest absolute Gasteiger partial charge is 0.434 e. The molecule has 3 aliphatic rings. The molecule has 0 radical (unpaired) electrons. The van der Waals surface area contributed by atoms with E-state index in [-0.39, 0.29) is 12.5 Å². The lowest BCUT2D eigenvalue weighted by Crippen LogP contribution is -2.50. The van der Waals surface area contributed by atoms with Crippen LogP contribution in [0.15, 0.2) is 18.2 Å². The molecule has 3 heterocycles. The number of nitrogens with one attached hydrogen (secondary N) is 1. The minimum absolute atomic E-state index is 0.00112. The number of carbonyl (C=O) groups excluding carboxylic acids is 4. The van der Waals surface area contributed by atoms with E-state index in [9.17, 15) is 19.2 Å². The second-order valence-electron chi connectivity index (χ2n) is 7.70. The molecule has 0 unspecified atom stereocenters. The Hall–Kier alpha value is -3.01. The smallest absolute Gasteiger partial charge is 0.367 e. The van der Waals surface area contributed by atoms with Crippen LogP contribution in [0, 0.1) is 0 Å². The molecule has 10 nitrogen and oxygen atoms in total. The molecule has 0 aromatic heterocycles. The van der Waals surface area contributed by atoms with E-state index in [0.717, 1.165) is 38.0 Å². The molecule has 1 aromatic carbocycles. The van der Waals surface area contributed by atoms with Crippen LogP contribution in [-0.2, 0) is 9.63 Å². The highest BCUT2D eigenvalue weighted by Crippen LogP contribution is 2.29. The second kappa shape index (κ2) is 9.01. The summed E-state index contributed by atoms with van der Waals surface area (Å²) in [6.45, 7) is 3.04. The zero-order valence-corrected chi connectivity index (χ0v) is 17.8. The van der Waals surface area contributed by atoms with Crippen molar-refractivity contribution in [1.29, 1.82) is 0 Å². The Morgan fingerprint density at radius 3 is 2.26 bits per heavy atom. The van der Waals surface area contributed by atoms with E-state index in [4.69, 9.17) is 16.4 Å².